The summed E-state index contributed by atoms with van der Waals surface area (Å²) in [6.07, 6.45) is 3.83. The third kappa shape index (κ3) is 3.80. The van der Waals surface area contributed by atoms with Crippen LogP contribution in [0.1, 0.15) is 13.8 Å². The van der Waals surface area contributed by atoms with Crippen LogP contribution in [0.25, 0.3) is 22.3 Å². The van der Waals surface area contributed by atoms with Crippen LogP contribution < -0.4 is 9.80 Å². The molecule has 2 saturated heterocycles. The van der Waals surface area contributed by atoms with Crippen LogP contribution in [0.2, 0.25) is 0 Å². The second kappa shape index (κ2) is 8.12. The fourth-order valence-electron chi connectivity index (χ4n) is 4.17. The van der Waals surface area contributed by atoms with Crippen molar-refractivity contribution in [2.45, 2.75) is 26.1 Å². The van der Waals surface area contributed by atoms with Crippen molar-refractivity contribution in [2.24, 2.45) is 0 Å². The van der Waals surface area contributed by atoms with Crippen molar-refractivity contribution < 1.29 is 9.47 Å². The molecule has 0 aromatic carbocycles. The molecule has 0 spiro atoms. The lowest BCUT2D eigenvalue weighted by atomic mass is 10.1. The molecule has 2 fully saturated rings. The third-order valence-corrected chi connectivity index (χ3v) is 5.52. The summed E-state index contributed by atoms with van der Waals surface area (Å²) in [6.45, 7) is 8.74. The van der Waals surface area contributed by atoms with Gasteiger partial charge in [-0.2, -0.15) is 9.97 Å². The Hall–Kier alpha value is -2.84. The Bertz CT molecular complexity index is 1010. The number of fused-ring (bicyclic) bond motifs is 1. The highest BCUT2D eigenvalue weighted by molar-refractivity contribution is 5.89. The van der Waals surface area contributed by atoms with Gasteiger partial charge in [0.15, 0.2) is 5.65 Å². The van der Waals surface area contributed by atoms with Crippen molar-refractivity contribution in [2.75, 3.05) is 49.2 Å². The molecule has 0 bridgehead atoms. The summed E-state index contributed by atoms with van der Waals surface area (Å²) in [5.74, 6) is 1.64. The quantitative estimate of drug-likeness (QED) is 0.657. The van der Waals surface area contributed by atoms with E-state index in [0.717, 1.165) is 48.6 Å². The third-order valence-electron chi connectivity index (χ3n) is 5.52. The molecular weight excluding hydrogens is 380 g/mol. The average molecular weight is 406 g/mol. The van der Waals surface area contributed by atoms with Gasteiger partial charge in [0.1, 0.15) is 5.82 Å². The van der Waals surface area contributed by atoms with E-state index in [2.05, 4.69) is 34.7 Å². The molecule has 0 aliphatic carbocycles. The number of morpholine rings is 2. The van der Waals surface area contributed by atoms with E-state index in [-0.39, 0.29) is 12.2 Å². The van der Waals surface area contributed by atoms with Gasteiger partial charge in [-0.15, -0.1) is 0 Å². The van der Waals surface area contributed by atoms with Gasteiger partial charge in [0.05, 0.1) is 36.5 Å². The van der Waals surface area contributed by atoms with E-state index in [0.29, 0.717) is 24.8 Å². The van der Waals surface area contributed by atoms with Crippen molar-refractivity contribution in [3.05, 3.63) is 36.7 Å². The lowest BCUT2D eigenvalue weighted by molar-refractivity contribution is -0.00570. The van der Waals surface area contributed by atoms with Gasteiger partial charge in [0.25, 0.3) is 0 Å². The molecule has 3 aromatic rings. The van der Waals surface area contributed by atoms with E-state index in [1.54, 1.807) is 12.4 Å². The first-order valence-electron chi connectivity index (χ1n) is 10.5. The predicted molar refractivity (Wildman–Crippen MR) is 116 cm³/mol. The Balaban J connectivity index is 1.62. The van der Waals surface area contributed by atoms with Gasteiger partial charge in [-0.3, -0.25) is 4.98 Å². The number of anilines is 2. The molecule has 0 saturated carbocycles. The summed E-state index contributed by atoms with van der Waals surface area (Å²) in [5.41, 5.74) is 2.61. The van der Waals surface area contributed by atoms with Crippen molar-refractivity contribution in [1.29, 1.82) is 0 Å². The van der Waals surface area contributed by atoms with Gasteiger partial charge in [0, 0.05) is 44.1 Å². The lowest BCUT2D eigenvalue weighted by Gasteiger charge is -2.36. The normalized spacial score (nSPS) is 22.5. The molecule has 8 heteroatoms. The molecule has 2 atom stereocenters. The molecule has 2 aliphatic heterocycles. The highest BCUT2D eigenvalue weighted by atomic mass is 16.5. The maximum Gasteiger partial charge on any atom is 0.229 e. The molecule has 30 heavy (non-hydrogen) atoms. The molecule has 0 amide bonds. The molecule has 0 unspecified atom stereocenters. The molecule has 156 valence electrons. The van der Waals surface area contributed by atoms with Gasteiger partial charge in [0.2, 0.25) is 5.95 Å². The largest absolute Gasteiger partial charge is 0.378 e. The molecule has 0 radical (unpaired) electrons. The minimum atomic E-state index is 0.135. The van der Waals surface area contributed by atoms with Gasteiger partial charge in [-0.05, 0) is 38.1 Å². The average Bonchev–Trinajstić information content (AvgIpc) is 2.78. The highest BCUT2D eigenvalue weighted by Gasteiger charge is 2.26. The number of hydrogen-bond donors (Lipinski definition) is 0. The van der Waals surface area contributed by atoms with Crippen molar-refractivity contribution >= 4 is 22.8 Å². The summed E-state index contributed by atoms with van der Waals surface area (Å²) >= 11 is 0. The standard InChI is InChI=1S/C22H26N6O2/c1-15-13-28(14-16(2)30-15)22-25-20-18(21(26-22)27-9-11-29-12-10-27)3-4-19(24-20)17-5-7-23-8-6-17/h3-8,15-16H,9-14H2,1-2H3/t15-,16+. The number of ether oxygens (including phenoxy) is 2. The molecule has 8 nitrogen and oxygen atoms in total. The van der Waals surface area contributed by atoms with Crippen LogP contribution in [-0.4, -0.2) is 71.5 Å². The van der Waals surface area contributed by atoms with E-state index in [1.807, 2.05) is 18.2 Å². The van der Waals surface area contributed by atoms with Gasteiger partial charge < -0.3 is 19.3 Å². The Morgan fingerprint density at radius 2 is 1.60 bits per heavy atom. The zero-order chi connectivity index (χ0) is 20.5. The van der Waals surface area contributed by atoms with E-state index in [4.69, 9.17) is 24.4 Å². The summed E-state index contributed by atoms with van der Waals surface area (Å²) < 4.78 is 11.5. The highest BCUT2D eigenvalue weighted by Crippen LogP contribution is 2.29. The monoisotopic (exact) mass is 406 g/mol. The Morgan fingerprint density at radius 3 is 2.33 bits per heavy atom. The van der Waals surface area contributed by atoms with E-state index in [1.165, 1.54) is 0 Å². The Morgan fingerprint density at radius 1 is 0.867 bits per heavy atom. The van der Waals surface area contributed by atoms with Crippen LogP contribution in [0.5, 0.6) is 0 Å². The van der Waals surface area contributed by atoms with Crippen LogP contribution in [0.3, 0.4) is 0 Å². The van der Waals surface area contributed by atoms with Crippen LogP contribution in [0.4, 0.5) is 11.8 Å². The van der Waals surface area contributed by atoms with E-state index < -0.39 is 0 Å². The molecule has 0 N–H and O–H groups in total. The maximum atomic E-state index is 5.90. The first-order valence-corrected chi connectivity index (χ1v) is 10.5. The van der Waals surface area contributed by atoms with Crippen LogP contribution in [-0.2, 0) is 9.47 Å². The topological polar surface area (TPSA) is 76.5 Å². The molecular formula is C22H26N6O2. The van der Waals surface area contributed by atoms with Gasteiger partial charge >= 0.3 is 0 Å². The number of rotatable bonds is 3. The number of pyridine rings is 2. The van der Waals surface area contributed by atoms with E-state index >= 15 is 0 Å². The van der Waals surface area contributed by atoms with E-state index in [9.17, 15) is 0 Å². The minimum Gasteiger partial charge on any atom is -0.378 e. The lowest BCUT2D eigenvalue weighted by Crippen LogP contribution is -2.46. The van der Waals surface area contributed by atoms with Gasteiger partial charge in [-0.1, -0.05) is 0 Å². The minimum absolute atomic E-state index is 0.135. The van der Waals surface area contributed by atoms with Crippen molar-refractivity contribution in [3.8, 4) is 11.3 Å². The fraction of sp³-hybridized carbons (Fsp3) is 0.455. The fourth-order valence-corrected chi connectivity index (χ4v) is 4.17. The Labute approximate surface area is 175 Å². The van der Waals surface area contributed by atoms with Crippen LogP contribution in [0.15, 0.2) is 36.7 Å². The number of aromatic nitrogens is 4. The zero-order valence-corrected chi connectivity index (χ0v) is 17.4. The summed E-state index contributed by atoms with van der Waals surface area (Å²) in [7, 11) is 0. The molecule has 3 aromatic heterocycles. The first-order chi connectivity index (χ1) is 14.7. The van der Waals surface area contributed by atoms with Gasteiger partial charge in [-0.25, -0.2) is 4.98 Å². The second-order valence-electron chi connectivity index (χ2n) is 7.91. The molecule has 5 heterocycles. The number of hydrogen-bond acceptors (Lipinski definition) is 8. The summed E-state index contributed by atoms with van der Waals surface area (Å²) in [4.78, 5) is 23.4. The summed E-state index contributed by atoms with van der Waals surface area (Å²) in [6, 6.07) is 8.04. The number of nitrogens with zero attached hydrogens (tertiary/aromatic N) is 6. The smallest absolute Gasteiger partial charge is 0.229 e. The van der Waals surface area contributed by atoms with Crippen molar-refractivity contribution in [1.82, 2.24) is 19.9 Å². The summed E-state index contributed by atoms with van der Waals surface area (Å²) in [5, 5.41) is 0.966. The first kappa shape index (κ1) is 19.1. The maximum absolute atomic E-state index is 5.90. The SMILES string of the molecule is C[C@@H]1CN(c2nc(N3CCOCC3)c3ccc(-c4ccncc4)nc3n2)C[C@H](C)O1. The van der Waals surface area contributed by atoms with Crippen molar-refractivity contribution in [3.63, 3.8) is 0 Å². The predicted octanol–water partition coefficient (Wildman–Crippen LogP) is 2.54. The molecule has 5 rings (SSSR count). The molecule has 2 aliphatic rings. The second-order valence-corrected chi connectivity index (χ2v) is 7.91. The van der Waals surface area contributed by atoms with Crippen LogP contribution in [0, 0.1) is 0 Å². The Kier molecular flexibility index (Phi) is 5.18. The van der Waals surface area contributed by atoms with Crippen LogP contribution >= 0.6 is 0 Å². The zero-order valence-electron chi connectivity index (χ0n) is 17.4.